The van der Waals surface area contributed by atoms with Gasteiger partial charge in [-0.15, -0.1) is 0 Å². The quantitative estimate of drug-likeness (QED) is 0.101. The minimum absolute atomic E-state index is 0.172. The smallest absolute Gasteiger partial charge is 0.251 e. The predicted octanol–water partition coefficient (Wildman–Crippen LogP) is 6.54. The van der Waals surface area contributed by atoms with E-state index < -0.39 is 0 Å². The first-order valence-electron chi connectivity index (χ1n) is 20.5. The van der Waals surface area contributed by atoms with Crippen molar-refractivity contribution in [2.45, 2.75) is 91.6 Å². The molecule has 2 fully saturated rings. The number of hydrogen-bond donors (Lipinski definition) is 4. The minimum Gasteiger partial charge on any atom is -0.381 e. The molecule has 58 heavy (non-hydrogen) atoms. The summed E-state index contributed by atoms with van der Waals surface area (Å²) in [7, 11) is 0. The second-order valence-corrected chi connectivity index (χ2v) is 15.1. The summed E-state index contributed by atoms with van der Waals surface area (Å²) >= 11 is 0. The Morgan fingerprint density at radius 1 is 0.621 bits per heavy atom. The summed E-state index contributed by atoms with van der Waals surface area (Å²) in [5.41, 5.74) is 10.2. The topological polar surface area (TPSA) is 162 Å². The van der Waals surface area contributed by atoms with Crippen LogP contribution in [-0.2, 0) is 35.7 Å². The van der Waals surface area contributed by atoms with Gasteiger partial charge in [0.05, 0.1) is 34.5 Å². The molecule has 0 aliphatic carbocycles. The van der Waals surface area contributed by atoms with E-state index in [9.17, 15) is 9.59 Å². The van der Waals surface area contributed by atoms with Gasteiger partial charge in [-0.3, -0.25) is 9.59 Å². The molecule has 14 nitrogen and oxygen atoms in total. The number of fused-ring (bicyclic) bond motifs is 2. The number of carbonyl (C=O) groups is 2. The average molecular weight is 785 g/mol. The highest BCUT2D eigenvalue weighted by molar-refractivity contribution is 5.97. The van der Waals surface area contributed by atoms with Gasteiger partial charge in [0.1, 0.15) is 0 Å². The zero-order chi connectivity index (χ0) is 40.2. The number of anilines is 2. The van der Waals surface area contributed by atoms with E-state index >= 15 is 0 Å². The lowest BCUT2D eigenvalue weighted by Crippen LogP contribution is -2.30. The zero-order valence-electron chi connectivity index (χ0n) is 33.7. The Hall–Kier alpha value is -5.86. The molecule has 2 amide bonds. The van der Waals surface area contributed by atoms with Gasteiger partial charge in [-0.2, -0.15) is 10.2 Å². The first-order valence-corrected chi connectivity index (χ1v) is 20.5. The molecule has 6 heterocycles. The van der Waals surface area contributed by atoms with E-state index in [4.69, 9.17) is 19.4 Å². The SMILES string of the molecule is CCn1ncc2c(NC3CCOCC3)c(CNC(=O)c3ccc(-c4ccc(C(=O)NCc5c(C)nc6c(cnn6CC)c5NC5CCOCC5)cc4)cc3)c(C)nc21. The lowest BCUT2D eigenvalue weighted by Gasteiger charge is -2.26. The Kier molecular flexibility index (Phi) is 11.6. The fourth-order valence-electron chi connectivity index (χ4n) is 7.97. The highest BCUT2D eigenvalue weighted by Crippen LogP contribution is 2.32. The fraction of sp³-hybridized carbons (Fsp3) is 0.409. The number of nitrogens with zero attached hydrogens (tertiary/aromatic N) is 6. The molecule has 0 atom stereocenters. The van der Waals surface area contributed by atoms with Crippen molar-refractivity contribution in [3.8, 4) is 11.1 Å². The first kappa shape index (κ1) is 39.0. The van der Waals surface area contributed by atoms with Gasteiger partial charge in [-0.25, -0.2) is 19.3 Å². The minimum atomic E-state index is -0.172. The molecule has 14 heteroatoms. The van der Waals surface area contributed by atoms with Crippen LogP contribution in [0, 0.1) is 13.8 Å². The van der Waals surface area contributed by atoms with Crippen LogP contribution < -0.4 is 21.3 Å². The largest absolute Gasteiger partial charge is 0.381 e. The van der Waals surface area contributed by atoms with E-state index in [-0.39, 0.29) is 23.9 Å². The highest BCUT2D eigenvalue weighted by Gasteiger charge is 2.23. The van der Waals surface area contributed by atoms with Crippen molar-refractivity contribution in [1.82, 2.24) is 40.2 Å². The maximum absolute atomic E-state index is 13.5. The number of amides is 2. The van der Waals surface area contributed by atoms with Gasteiger partial charge in [-0.1, -0.05) is 24.3 Å². The molecule has 2 aromatic carbocycles. The Morgan fingerprint density at radius 3 is 1.36 bits per heavy atom. The highest BCUT2D eigenvalue weighted by atomic mass is 16.5. The number of hydrogen-bond acceptors (Lipinski definition) is 10. The van der Waals surface area contributed by atoms with Crippen molar-refractivity contribution < 1.29 is 19.1 Å². The van der Waals surface area contributed by atoms with Crippen molar-refractivity contribution in [3.05, 3.63) is 94.6 Å². The Balaban J connectivity index is 0.923. The lowest BCUT2D eigenvalue weighted by molar-refractivity contribution is 0.0903. The van der Waals surface area contributed by atoms with Crippen molar-refractivity contribution in [2.75, 3.05) is 37.1 Å². The Bertz CT molecular complexity index is 2240. The maximum Gasteiger partial charge on any atom is 0.251 e. The third kappa shape index (κ3) is 8.12. The van der Waals surface area contributed by atoms with Gasteiger partial charge < -0.3 is 30.7 Å². The van der Waals surface area contributed by atoms with E-state index in [1.165, 1.54) is 0 Å². The lowest BCUT2D eigenvalue weighted by atomic mass is 10.0. The number of carbonyl (C=O) groups excluding carboxylic acids is 2. The van der Waals surface area contributed by atoms with Crippen LogP contribution in [0.25, 0.3) is 33.2 Å². The van der Waals surface area contributed by atoms with Crippen LogP contribution in [-0.4, -0.2) is 79.9 Å². The number of nitrogens with one attached hydrogen (secondary N) is 4. The van der Waals surface area contributed by atoms with Gasteiger partial charge >= 0.3 is 0 Å². The molecule has 4 N–H and O–H groups in total. The third-order valence-electron chi connectivity index (χ3n) is 11.4. The normalized spacial score (nSPS) is 15.2. The standard InChI is InChI=1S/C44H52N10O4/c1-5-53-41-37(25-47-53)39(51-33-15-19-57-20-16-33)35(27(3)49-41)23-45-43(55)31-11-7-29(8-12-31)30-9-13-32(14-10-30)44(56)46-24-36-28(4)50-42-38(26-48-54(42)6-2)40(36)52-34-17-21-58-22-18-34/h7-14,25-26,33-34H,5-6,15-24H2,1-4H3,(H,45,55)(H,46,56)(H,49,51)(H,50,52). The molecule has 0 radical (unpaired) electrons. The van der Waals surface area contributed by atoms with Crippen molar-refractivity contribution in [3.63, 3.8) is 0 Å². The second-order valence-electron chi connectivity index (χ2n) is 15.1. The number of aryl methyl sites for hydroxylation is 4. The molecule has 0 saturated carbocycles. The summed E-state index contributed by atoms with van der Waals surface area (Å²) in [5, 5.41) is 24.8. The van der Waals surface area contributed by atoms with Gasteiger partial charge in [-0.05, 0) is 88.8 Å². The molecule has 2 aliphatic heterocycles. The summed E-state index contributed by atoms with van der Waals surface area (Å²) in [4.78, 5) is 36.7. The van der Waals surface area contributed by atoms with Crippen molar-refractivity contribution in [1.29, 1.82) is 0 Å². The van der Waals surface area contributed by atoms with E-state index in [1.54, 1.807) is 0 Å². The number of pyridine rings is 2. The van der Waals surface area contributed by atoms with E-state index in [0.717, 1.165) is 132 Å². The summed E-state index contributed by atoms with van der Waals surface area (Å²) in [6, 6.07) is 15.6. The molecular weight excluding hydrogens is 733 g/mol. The molecule has 302 valence electrons. The van der Waals surface area contributed by atoms with Gasteiger partial charge in [0.15, 0.2) is 11.3 Å². The van der Waals surface area contributed by atoms with Crippen molar-refractivity contribution in [2.24, 2.45) is 0 Å². The molecule has 0 bridgehead atoms. The monoisotopic (exact) mass is 784 g/mol. The van der Waals surface area contributed by atoms with E-state index in [2.05, 4.69) is 45.3 Å². The molecule has 2 aliphatic rings. The molecular formula is C44H52N10O4. The number of ether oxygens (including phenoxy) is 2. The van der Waals surface area contributed by atoms with Crippen LogP contribution in [0.2, 0.25) is 0 Å². The van der Waals surface area contributed by atoms with Crippen LogP contribution >= 0.6 is 0 Å². The molecule has 6 aromatic rings. The van der Waals surface area contributed by atoms with Crippen LogP contribution in [0.3, 0.4) is 0 Å². The number of rotatable bonds is 13. The zero-order valence-corrected chi connectivity index (χ0v) is 33.7. The molecule has 0 unspecified atom stereocenters. The average Bonchev–Trinajstić information content (AvgIpc) is 3.87. The molecule has 2 saturated heterocycles. The molecule has 0 spiro atoms. The Morgan fingerprint density at radius 2 is 1.00 bits per heavy atom. The van der Waals surface area contributed by atoms with Crippen LogP contribution in [0.5, 0.6) is 0 Å². The van der Waals surface area contributed by atoms with E-state index in [0.29, 0.717) is 24.2 Å². The van der Waals surface area contributed by atoms with Crippen LogP contribution in [0.15, 0.2) is 60.9 Å². The third-order valence-corrected chi connectivity index (χ3v) is 11.4. The second kappa shape index (κ2) is 17.3. The van der Waals surface area contributed by atoms with Crippen LogP contribution in [0.4, 0.5) is 11.4 Å². The van der Waals surface area contributed by atoms with Crippen molar-refractivity contribution >= 4 is 45.3 Å². The van der Waals surface area contributed by atoms with Gasteiger partial charge in [0.25, 0.3) is 11.8 Å². The number of aromatic nitrogens is 6. The van der Waals surface area contributed by atoms with Gasteiger partial charge in [0, 0.05) is 98.3 Å². The summed E-state index contributed by atoms with van der Waals surface area (Å²) in [6.45, 7) is 13.0. The fourth-order valence-corrected chi connectivity index (χ4v) is 7.97. The van der Waals surface area contributed by atoms with E-state index in [1.807, 2.05) is 84.1 Å². The predicted molar refractivity (Wildman–Crippen MR) is 225 cm³/mol. The summed E-state index contributed by atoms with van der Waals surface area (Å²) in [5.74, 6) is -0.344. The number of benzene rings is 2. The Labute approximate surface area is 338 Å². The van der Waals surface area contributed by atoms with Gasteiger partial charge in [0.2, 0.25) is 0 Å². The maximum atomic E-state index is 13.5. The first-order chi connectivity index (χ1) is 28.3. The summed E-state index contributed by atoms with van der Waals surface area (Å²) < 4.78 is 15.0. The van der Waals surface area contributed by atoms with Crippen LogP contribution in [0.1, 0.15) is 82.8 Å². The molecule has 8 rings (SSSR count). The summed E-state index contributed by atoms with van der Waals surface area (Å²) in [6.07, 6.45) is 7.38. The molecule has 4 aromatic heterocycles.